The van der Waals surface area contributed by atoms with Crippen LogP contribution in [-0.2, 0) is 21.5 Å². The molecule has 138 valence electrons. The Bertz CT molecular complexity index is 721. The van der Waals surface area contributed by atoms with Gasteiger partial charge in [-0.2, -0.15) is 0 Å². The number of carboxylic acids is 2. The van der Waals surface area contributed by atoms with Crippen molar-refractivity contribution in [2.45, 2.75) is 18.9 Å². The van der Waals surface area contributed by atoms with Crippen molar-refractivity contribution in [3.63, 3.8) is 0 Å². The molecule has 0 amide bonds. The number of benzene rings is 2. The van der Waals surface area contributed by atoms with Crippen molar-refractivity contribution in [1.82, 2.24) is 0 Å². The van der Waals surface area contributed by atoms with Crippen LogP contribution in [0.1, 0.15) is 18.1 Å². The summed E-state index contributed by atoms with van der Waals surface area (Å²) in [5, 5.41) is 15.6. The molecule has 0 saturated heterocycles. The Morgan fingerprint density at radius 1 is 1.00 bits per heavy atom. The van der Waals surface area contributed by atoms with E-state index in [1.54, 1.807) is 7.11 Å². The van der Waals surface area contributed by atoms with Crippen molar-refractivity contribution < 1.29 is 24.5 Å². The average Bonchev–Trinajstić information content (AvgIpc) is 2.62. The zero-order valence-corrected chi connectivity index (χ0v) is 14.8. The highest BCUT2D eigenvalue weighted by Gasteiger charge is 2.21. The fourth-order valence-electron chi connectivity index (χ4n) is 2.23. The first-order valence-electron chi connectivity index (χ1n) is 7.86. The van der Waals surface area contributed by atoms with Gasteiger partial charge in [0, 0.05) is 17.7 Å². The molecule has 6 nitrogen and oxygen atoms in total. The van der Waals surface area contributed by atoms with Gasteiger partial charge in [-0.25, -0.2) is 9.59 Å². The highest BCUT2D eigenvalue weighted by Crippen LogP contribution is 2.23. The van der Waals surface area contributed by atoms with E-state index >= 15 is 0 Å². The molecule has 0 radical (unpaired) electrons. The van der Waals surface area contributed by atoms with E-state index in [1.165, 1.54) is 5.56 Å². The van der Waals surface area contributed by atoms with Gasteiger partial charge < -0.3 is 20.7 Å². The van der Waals surface area contributed by atoms with E-state index in [4.69, 9.17) is 20.7 Å². The summed E-state index contributed by atoms with van der Waals surface area (Å²) >= 11 is 0. The van der Waals surface area contributed by atoms with Gasteiger partial charge >= 0.3 is 11.9 Å². The van der Waals surface area contributed by atoms with Crippen molar-refractivity contribution in [2.75, 3.05) is 7.11 Å². The van der Waals surface area contributed by atoms with E-state index in [-0.39, 0.29) is 5.54 Å². The second-order valence-corrected chi connectivity index (χ2v) is 5.82. The lowest BCUT2D eigenvalue weighted by atomic mass is 9.87. The molecular weight excluding hydrogens is 334 g/mol. The van der Waals surface area contributed by atoms with Crippen LogP contribution in [0.5, 0.6) is 5.75 Å². The minimum Gasteiger partial charge on any atom is -0.497 e. The molecule has 2 aromatic carbocycles. The summed E-state index contributed by atoms with van der Waals surface area (Å²) in [6.07, 6.45) is 1.92. The van der Waals surface area contributed by atoms with Crippen LogP contribution < -0.4 is 10.5 Å². The largest absolute Gasteiger partial charge is 0.497 e. The summed E-state index contributed by atoms with van der Waals surface area (Å²) in [6.45, 7) is 2.06. The molecule has 2 aromatic rings. The Morgan fingerprint density at radius 2 is 1.50 bits per heavy atom. The molecule has 6 heteroatoms. The van der Waals surface area contributed by atoms with Crippen LogP contribution in [0.3, 0.4) is 0 Å². The van der Waals surface area contributed by atoms with Crippen LogP contribution in [0.25, 0.3) is 0 Å². The minimum atomic E-state index is -1.26. The molecule has 2 rings (SSSR count). The smallest absolute Gasteiger partial charge is 0.328 e. The summed E-state index contributed by atoms with van der Waals surface area (Å²) in [5.41, 5.74) is 8.42. The number of methoxy groups -OCH3 is 1. The maximum Gasteiger partial charge on any atom is 0.328 e. The van der Waals surface area contributed by atoms with Gasteiger partial charge in [0.05, 0.1) is 7.11 Å². The van der Waals surface area contributed by atoms with Gasteiger partial charge in [0.2, 0.25) is 0 Å². The standard InChI is InChI=1S/C16H19NO.C4H4O4/c1-16(17,14-6-4-3-5-7-14)12-13-8-10-15(18-2)11-9-13;5-3(6)1-2-4(7)8/h3-11H,12,17H2,1-2H3;1-2H,(H,5,6)(H,7,8)/b;2-1-. The highest BCUT2D eigenvalue weighted by atomic mass is 16.5. The molecular formula is C20H23NO5. The number of rotatable bonds is 6. The Morgan fingerprint density at radius 3 is 1.92 bits per heavy atom. The predicted octanol–water partition coefficient (Wildman–Crippen LogP) is 2.82. The van der Waals surface area contributed by atoms with Crippen molar-refractivity contribution in [3.05, 3.63) is 77.9 Å². The molecule has 0 aromatic heterocycles. The quantitative estimate of drug-likeness (QED) is 0.686. The van der Waals surface area contributed by atoms with E-state index in [0.29, 0.717) is 12.2 Å². The normalized spacial score (nSPS) is 12.6. The Labute approximate surface area is 152 Å². The van der Waals surface area contributed by atoms with Crippen LogP contribution in [0.4, 0.5) is 0 Å². The molecule has 0 heterocycles. The number of carboxylic acid groups (broad SMARTS) is 2. The lowest BCUT2D eigenvalue weighted by molar-refractivity contribution is -0.134. The lowest BCUT2D eigenvalue weighted by Crippen LogP contribution is -2.35. The van der Waals surface area contributed by atoms with Crippen LogP contribution in [0.2, 0.25) is 0 Å². The number of aliphatic carboxylic acids is 2. The Kier molecular flexibility index (Phi) is 8.05. The first-order valence-corrected chi connectivity index (χ1v) is 7.86. The third-order valence-electron chi connectivity index (χ3n) is 3.53. The van der Waals surface area contributed by atoms with Gasteiger partial charge in [-0.1, -0.05) is 42.5 Å². The SMILES string of the molecule is COc1ccc(CC(C)(N)c2ccccc2)cc1.O=C(O)/C=C\C(=O)O. The summed E-state index contributed by atoms with van der Waals surface area (Å²) in [5.74, 6) is -1.64. The maximum absolute atomic E-state index is 9.55. The molecule has 0 aliphatic heterocycles. The van der Waals surface area contributed by atoms with E-state index in [9.17, 15) is 9.59 Å². The summed E-state index contributed by atoms with van der Waals surface area (Å²) < 4.78 is 5.15. The van der Waals surface area contributed by atoms with Crippen LogP contribution in [0, 0.1) is 0 Å². The number of nitrogens with two attached hydrogens (primary N) is 1. The zero-order valence-electron chi connectivity index (χ0n) is 14.8. The molecule has 0 saturated carbocycles. The number of hydrogen-bond acceptors (Lipinski definition) is 4. The summed E-state index contributed by atoms with van der Waals surface area (Å²) in [6, 6.07) is 18.3. The van der Waals surface area contributed by atoms with Gasteiger partial charge in [-0.05, 0) is 36.6 Å². The molecule has 0 aliphatic carbocycles. The van der Waals surface area contributed by atoms with E-state index in [2.05, 4.69) is 31.2 Å². The van der Waals surface area contributed by atoms with Crippen molar-refractivity contribution in [1.29, 1.82) is 0 Å². The highest BCUT2D eigenvalue weighted by molar-refractivity contribution is 5.89. The molecule has 4 N–H and O–H groups in total. The number of hydrogen-bond donors (Lipinski definition) is 3. The minimum absolute atomic E-state index is 0.351. The van der Waals surface area contributed by atoms with Crippen LogP contribution in [0.15, 0.2) is 66.7 Å². The number of ether oxygens (including phenoxy) is 1. The van der Waals surface area contributed by atoms with Gasteiger partial charge in [-0.15, -0.1) is 0 Å². The van der Waals surface area contributed by atoms with Crippen molar-refractivity contribution in [2.24, 2.45) is 5.73 Å². The average molecular weight is 357 g/mol. The van der Waals surface area contributed by atoms with Crippen molar-refractivity contribution in [3.8, 4) is 5.75 Å². The third kappa shape index (κ3) is 7.63. The second kappa shape index (κ2) is 10.0. The molecule has 1 unspecified atom stereocenters. The van der Waals surface area contributed by atoms with E-state index < -0.39 is 11.9 Å². The molecule has 0 spiro atoms. The van der Waals surface area contributed by atoms with Gasteiger partial charge in [0.15, 0.2) is 0 Å². The van der Waals surface area contributed by atoms with Gasteiger partial charge in [0.25, 0.3) is 0 Å². The predicted molar refractivity (Wildman–Crippen MR) is 99.1 cm³/mol. The summed E-state index contributed by atoms with van der Waals surface area (Å²) in [4.78, 5) is 19.1. The fraction of sp³-hybridized carbons (Fsp3) is 0.200. The van der Waals surface area contributed by atoms with E-state index in [0.717, 1.165) is 17.7 Å². The second-order valence-electron chi connectivity index (χ2n) is 5.82. The monoisotopic (exact) mass is 357 g/mol. The molecule has 0 aliphatic rings. The first-order chi connectivity index (χ1) is 12.2. The maximum atomic E-state index is 9.55. The van der Waals surface area contributed by atoms with Crippen molar-refractivity contribution >= 4 is 11.9 Å². The fourth-order valence-corrected chi connectivity index (χ4v) is 2.23. The molecule has 0 bridgehead atoms. The van der Waals surface area contributed by atoms with Crippen LogP contribution in [-0.4, -0.2) is 29.3 Å². The summed E-state index contributed by atoms with van der Waals surface area (Å²) in [7, 11) is 1.67. The van der Waals surface area contributed by atoms with E-state index in [1.807, 2.05) is 30.3 Å². The molecule has 1 atom stereocenters. The third-order valence-corrected chi connectivity index (χ3v) is 3.53. The van der Waals surface area contributed by atoms with Gasteiger partial charge in [0.1, 0.15) is 5.75 Å². The number of carbonyl (C=O) groups is 2. The topological polar surface area (TPSA) is 110 Å². The van der Waals surface area contributed by atoms with Gasteiger partial charge in [-0.3, -0.25) is 0 Å². The Balaban J connectivity index is 0.000000359. The molecule has 26 heavy (non-hydrogen) atoms. The molecule has 0 fully saturated rings. The zero-order chi connectivity index (χ0) is 19.6. The first kappa shape index (κ1) is 20.9. The Hall–Kier alpha value is -3.12. The van der Waals surface area contributed by atoms with Crippen LogP contribution >= 0.6 is 0 Å². The lowest BCUT2D eigenvalue weighted by Gasteiger charge is -2.25.